The number of halogens is 1. The highest BCUT2D eigenvalue weighted by atomic mass is 127. The van der Waals surface area contributed by atoms with E-state index in [9.17, 15) is 0 Å². The molecule has 0 saturated carbocycles. The van der Waals surface area contributed by atoms with Crippen molar-refractivity contribution in [2.75, 3.05) is 20.1 Å². The van der Waals surface area contributed by atoms with Crippen LogP contribution < -0.4 is 5.32 Å². The van der Waals surface area contributed by atoms with Gasteiger partial charge in [-0.15, -0.1) is 35.3 Å². The van der Waals surface area contributed by atoms with Crippen molar-refractivity contribution in [1.82, 2.24) is 20.0 Å². The first-order valence-electron chi connectivity index (χ1n) is 9.31. The van der Waals surface area contributed by atoms with E-state index in [2.05, 4.69) is 77.3 Å². The minimum absolute atomic E-state index is 0. The molecule has 150 valence electrons. The number of aromatic nitrogens is 2. The molecule has 0 atom stereocenters. The SMILES string of the molecule is CCNC(=NCc1cnn(Cc2ccccc2)c1)N(C)CCc1cccs1.I. The van der Waals surface area contributed by atoms with Crippen molar-refractivity contribution in [1.29, 1.82) is 0 Å². The second kappa shape index (κ2) is 11.9. The van der Waals surface area contributed by atoms with Gasteiger partial charge in [-0.05, 0) is 30.4 Å². The molecule has 1 N–H and O–H groups in total. The molecular weight excluding hydrogens is 481 g/mol. The number of thiophene rings is 1. The first-order chi connectivity index (χ1) is 13.2. The minimum Gasteiger partial charge on any atom is -0.357 e. The van der Waals surface area contributed by atoms with Gasteiger partial charge in [0.2, 0.25) is 0 Å². The van der Waals surface area contributed by atoms with Gasteiger partial charge in [-0.25, -0.2) is 4.99 Å². The second-order valence-electron chi connectivity index (χ2n) is 6.45. The Morgan fingerprint density at radius 2 is 2.00 bits per heavy atom. The van der Waals surface area contributed by atoms with Gasteiger partial charge in [-0.1, -0.05) is 36.4 Å². The van der Waals surface area contributed by atoms with Crippen LogP contribution in [0.25, 0.3) is 0 Å². The fourth-order valence-corrected chi connectivity index (χ4v) is 3.52. The summed E-state index contributed by atoms with van der Waals surface area (Å²) < 4.78 is 1.97. The number of aliphatic imine (C=N–C) groups is 1. The smallest absolute Gasteiger partial charge is 0.193 e. The molecule has 0 radical (unpaired) electrons. The summed E-state index contributed by atoms with van der Waals surface area (Å²) in [5, 5.41) is 9.97. The first kappa shape index (κ1) is 22.4. The number of nitrogens with one attached hydrogen (secondary N) is 1. The highest BCUT2D eigenvalue weighted by Gasteiger charge is 2.07. The Morgan fingerprint density at radius 3 is 2.71 bits per heavy atom. The van der Waals surface area contributed by atoms with E-state index >= 15 is 0 Å². The predicted molar refractivity (Wildman–Crippen MR) is 129 cm³/mol. The van der Waals surface area contributed by atoms with Crippen molar-refractivity contribution < 1.29 is 0 Å². The van der Waals surface area contributed by atoms with Crippen molar-refractivity contribution in [3.63, 3.8) is 0 Å². The quantitative estimate of drug-likeness (QED) is 0.281. The normalized spacial score (nSPS) is 11.1. The van der Waals surface area contributed by atoms with Crippen LogP contribution in [0.4, 0.5) is 0 Å². The molecule has 0 saturated heterocycles. The van der Waals surface area contributed by atoms with E-state index in [1.54, 1.807) is 11.3 Å². The number of likely N-dealkylation sites (N-methyl/N-ethyl adjacent to an activating group) is 1. The zero-order valence-electron chi connectivity index (χ0n) is 16.4. The monoisotopic (exact) mass is 509 g/mol. The Kier molecular flexibility index (Phi) is 9.49. The lowest BCUT2D eigenvalue weighted by Crippen LogP contribution is -2.39. The molecule has 2 aromatic heterocycles. The highest BCUT2D eigenvalue weighted by Crippen LogP contribution is 2.10. The maximum atomic E-state index is 4.79. The molecule has 0 bridgehead atoms. The van der Waals surface area contributed by atoms with E-state index in [4.69, 9.17) is 4.99 Å². The number of rotatable bonds is 8. The average Bonchev–Trinajstić information content (AvgIpc) is 3.36. The summed E-state index contributed by atoms with van der Waals surface area (Å²) in [6, 6.07) is 14.7. The minimum atomic E-state index is 0. The summed E-state index contributed by atoms with van der Waals surface area (Å²) in [5.41, 5.74) is 2.37. The van der Waals surface area contributed by atoms with E-state index in [0.717, 1.165) is 37.6 Å². The molecule has 0 aliphatic rings. The second-order valence-corrected chi connectivity index (χ2v) is 7.49. The van der Waals surface area contributed by atoms with Gasteiger partial charge in [0.05, 0.1) is 19.3 Å². The fraction of sp³-hybridized carbons (Fsp3) is 0.333. The van der Waals surface area contributed by atoms with E-state index < -0.39 is 0 Å². The third-order valence-corrected chi connectivity index (χ3v) is 5.19. The first-order valence-corrected chi connectivity index (χ1v) is 10.2. The van der Waals surface area contributed by atoms with Gasteiger partial charge < -0.3 is 10.2 Å². The number of hydrogen-bond donors (Lipinski definition) is 1. The molecule has 0 aliphatic heterocycles. The highest BCUT2D eigenvalue weighted by molar-refractivity contribution is 14.0. The lowest BCUT2D eigenvalue weighted by atomic mass is 10.2. The summed E-state index contributed by atoms with van der Waals surface area (Å²) in [7, 11) is 2.09. The van der Waals surface area contributed by atoms with Crippen molar-refractivity contribution >= 4 is 41.3 Å². The number of benzene rings is 1. The molecular formula is C21H28IN5S. The Morgan fingerprint density at radius 1 is 1.18 bits per heavy atom. The third kappa shape index (κ3) is 6.94. The van der Waals surface area contributed by atoms with Gasteiger partial charge in [-0.3, -0.25) is 4.68 Å². The predicted octanol–water partition coefficient (Wildman–Crippen LogP) is 4.25. The fourth-order valence-electron chi connectivity index (χ4n) is 2.82. The van der Waals surface area contributed by atoms with Gasteiger partial charge >= 0.3 is 0 Å². The van der Waals surface area contributed by atoms with Crippen molar-refractivity contribution in [2.45, 2.75) is 26.4 Å². The Bertz CT molecular complexity index is 830. The van der Waals surface area contributed by atoms with Crippen molar-refractivity contribution in [3.05, 3.63) is 76.2 Å². The van der Waals surface area contributed by atoms with Gasteiger partial charge in [0.1, 0.15) is 0 Å². The van der Waals surface area contributed by atoms with Crippen LogP contribution >= 0.6 is 35.3 Å². The Balaban J connectivity index is 0.00000280. The molecule has 0 amide bonds. The summed E-state index contributed by atoms with van der Waals surface area (Å²) in [6.07, 6.45) is 5.01. The maximum Gasteiger partial charge on any atom is 0.193 e. The summed E-state index contributed by atoms with van der Waals surface area (Å²) in [5.74, 6) is 0.935. The zero-order chi connectivity index (χ0) is 18.9. The summed E-state index contributed by atoms with van der Waals surface area (Å²) in [4.78, 5) is 8.38. The van der Waals surface area contributed by atoms with Crippen molar-refractivity contribution in [2.24, 2.45) is 4.99 Å². The molecule has 2 heterocycles. The van der Waals surface area contributed by atoms with Gasteiger partial charge in [-0.2, -0.15) is 5.10 Å². The molecule has 1 aromatic carbocycles. The average molecular weight is 509 g/mol. The van der Waals surface area contributed by atoms with Gasteiger partial charge in [0.25, 0.3) is 0 Å². The largest absolute Gasteiger partial charge is 0.357 e. The van der Waals surface area contributed by atoms with E-state index in [0.29, 0.717) is 6.54 Å². The van der Waals surface area contributed by atoms with Crippen LogP contribution in [0.5, 0.6) is 0 Å². The third-order valence-electron chi connectivity index (χ3n) is 4.26. The van der Waals surface area contributed by atoms with E-state index in [-0.39, 0.29) is 24.0 Å². The van der Waals surface area contributed by atoms with Crippen molar-refractivity contribution in [3.8, 4) is 0 Å². The summed E-state index contributed by atoms with van der Waals surface area (Å²) >= 11 is 1.81. The zero-order valence-corrected chi connectivity index (χ0v) is 19.6. The molecule has 0 aliphatic carbocycles. The van der Waals surface area contributed by atoms with Crippen LogP contribution in [0.2, 0.25) is 0 Å². The molecule has 7 heteroatoms. The van der Waals surface area contributed by atoms with Crippen LogP contribution in [0.3, 0.4) is 0 Å². The topological polar surface area (TPSA) is 45.5 Å². The maximum absolute atomic E-state index is 4.79. The Hall–Kier alpha value is -1.87. The molecule has 3 rings (SSSR count). The van der Waals surface area contributed by atoms with Crippen LogP contribution in [-0.2, 0) is 19.5 Å². The molecule has 0 unspecified atom stereocenters. The lowest BCUT2D eigenvalue weighted by Gasteiger charge is -2.21. The number of guanidine groups is 1. The Labute approximate surface area is 188 Å². The molecule has 0 fully saturated rings. The number of nitrogens with zero attached hydrogens (tertiary/aromatic N) is 4. The lowest BCUT2D eigenvalue weighted by molar-refractivity contribution is 0.486. The van der Waals surface area contributed by atoms with E-state index in [1.165, 1.54) is 10.4 Å². The number of hydrogen-bond acceptors (Lipinski definition) is 3. The molecule has 5 nitrogen and oxygen atoms in total. The molecule has 0 spiro atoms. The van der Waals surface area contributed by atoms with Gasteiger partial charge in [0.15, 0.2) is 5.96 Å². The van der Waals surface area contributed by atoms with Crippen LogP contribution in [0.15, 0.2) is 65.2 Å². The summed E-state index contributed by atoms with van der Waals surface area (Å²) in [6.45, 7) is 5.31. The van der Waals surface area contributed by atoms with Gasteiger partial charge in [0, 0.05) is 36.8 Å². The molecule has 3 aromatic rings. The van der Waals surface area contributed by atoms with E-state index in [1.807, 2.05) is 16.9 Å². The van der Waals surface area contributed by atoms with Crippen LogP contribution in [0.1, 0.15) is 22.9 Å². The standard InChI is InChI=1S/C21H27N5S.HI/c1-3-22-21(25(2)12-11-20-10-7-13-27-20)23-14-19-15-24-26(17-19)16-18-8-5-4-6-9-18;/h4-10,13,15,17H,3,11-12,14,16H2,1-2H3,(H,22,23);1H. The van der Waals surface area contributed by atoms with Crippen LogP contribution in [-0.4, -0.2) is 40.8 Å². The molecule has 28 heavy (non-hydrogen) atoms. The van der Waals surface area contributed by atoms with Crippen LogP contribution in [0, 0.1) is 0 Å².